The van der Waals surface area contributed by atoms with Crippen LogP contribution in [-0.4, -0.2) is 35.1 Å². The zero-order valence-corrected chi connectivity index (χ0v) is 11.1. The zero-order chi connectivity index (χ0) is 13.9. The number of rotatable bonds is 4. The van der Waals surface area contributed by atoms with Gasteiger partial charge in [-0.3, -0.25) is 9.59 Å². The highest BCUT2D eigenvalue weighted by Gasteiger charge is 2.58. The molecule has 0 bridgehead atoms. The van der Waals surface area contributed by atoms with Crippen LogP contribution in [-0.2, 0) is 19.1 Å². The lowest BCUT2D eigenvalue weighted by atomic mass is 9.67. The average Bonchev–Trinajstić information content (AvgIpc) is 2.13. The van der Waals surface area contributed by atoms with Crippen molar-refractivity contribution in [2.24, 2.45) is 10.6 Å². The molecule has 1 aliphatic rings. The molecule has 0 unspecified atom stereocenters. The third kappa shape index (κ3) is 2.80. The van der Waals surface area contributed by atoms with Crippen LogP contribution < -0.4 is 0 Å². The van der Waals surface area contributed by atoms with E-state index in [1.807, 2.05) is 0 Å². The van der Waals surface area contributed by atoms with Crippen molar-refractivity contribution in [2.45, 2.75) is 52.7 Å². The van der Waals surface area contributed by atoms with E-state index in [0.29, 0.717) is 5.71 Å². The number of nitrogens with zero attached hydrogens (tertiary/aromatic N) is 1. The minimum Gasteiger partial charge on any atom is -0.462 e. The number of carbonyl (C=O) groups excluding carboxylic acids is 2. The Morgan fingerprint density at radius 2 is 1.56 bits per heavy atom. The molecular weight excluding hydrogens is 238 g/mol. The van der Waals surface area contributed by atoms with Gasteiger partial charge in [0.1, 0.15) is 0 Å². The van der Waals surface area contributed by atoms with Crippen LogP contribution in [0.3, 0.4) is 0 Å². The summed E-state index contributed by atoms with van der Waals surface area (Å²) >= 11 is 0. The molecule has 1 aliphatic carbocycles. The molecule has 0 spiro atoms. The molecule has 0 heterocycles. The quantitative estimate of drug-likeness (QED) is 0.360. The molecule has 1 fully saturated rings. The molecule has 1 saturated carbocycles. The van der Waals surface area contributed by atoms with Gasteiger partial charge in [-0.2, -0.15) is 0 Å². The van der Waals surface area contributed by atoms with Crippen molar-refractivity contribution in [3.05, 3.63) is 0 Å². The number of carbonyl (C=O) groups is 2. The highest BCUT2D eigenvalue weighted by atomic mass is 16.6. The molecule has 6 heteroatoms. The van der Waals surface area contributed by atoms with Crippen molar-refractivity contribution in [1.82, 2.24) is 0 Å². The molecular formula is C12H21NO5. The molecule has 6 nitrogen and oxygen atoms in total. The second-order valence-corrected chi connectivity index (χ2v) is 5.01. The number of ether oxygens (including phenoxy) is 2. The van der Waals surface area contributed by atoms with Crippen LogP contribution in [0.4, 0.5) is 0 Å². The fraction of sp³-hybridized carbons (Fsp3) is 0.750. The first kappa shape index (κ1) is 14.5. The summed E-state index contributed by atoms with van der Waals surface area (Å²) in [6.07, 6.45) is -0.506. The van der Waals surface area contributed by atoms with Crippen LogP contribution >= 0.6 is 0 Å². The SMILES string of the molecule is CC(C)OC(=O)C1(C(=O)OC(C)C)CC(=NO)C1.[HH]. The molecule has 1 rings (SSSR count). The summed E-state index contributed by atoms with van der Waals surface area (Å²) in [5, 5.41) is 11.6. The molecule has 1 N–H and O–H groups in total. The lowest BCUT2D eigenvalue weighted by Crippen LogP contribution is -2.53. The summed E-state index contributed by atoms with van der Waals surface area (Å²) in [6.45, 7) is 6.83. The predicted octanol–water partition coefficient (Wildman–Crippen LogP) is 1.75. The van der Waals surface area contributed by atoms with Crippen LogP contribution in [0.2, 0.25) is 0 Å². The first-order chi connectivity index (χ1) is 8.31. The Hall–Kier alpha value is -1.59. The van der Waals surface area contributed by atoms with Gasteiger partial charge in [-0.25, -0.2) is 0 Å². The highest BCUT2D eigenvalue weighted by Crippen LogP contribution is 2.42. The standard InChI is InChI=1S/C12H19NO5.H2/c1-7(2)17-10(14)12(5-9(6-12)13-16)11(15)18-8(3)4;/h7-8,16H,5-6H2,1-4H3;1H. The van der Waals surface area contributed by atoms with Crippen molar-refractivity contribution in [3.63, 3.8) is 0 Å². The second-order valence-electron chi connectivity index (χ2n) is 5.01. The average molecular weight is 259 g/mol. The maximum Gasteiger partial charge on any atom is 0.324 e. The summed E-state index contributed by atoms with van der Waals surface area (Å²) in [7, 11) is 0. The van der Waals surface area contributed by atoms with Crippen molar-refractivity contribution in [2.75, 3.05) is 0 Å². The van der Waals surface area contributed by atoms with Crippen LogP contribution in [0.15, 0.2) is 5.16 Å². The van der Waals surface area contributed by atoms with Crippen LogP contribution in [0.1, 0.15) is 42.0 Å². The number of hydrogen-bond donors (Lipinski definition) is 1. The monoisotopic (exact) mass is 259 g/mol. The molecule has 0 aliphatic heterocycles. The van der Waals surface area contributed by atoms with Crippen LogP contribution in [0.5, 0.6) is 0 Å². The molecule has 0 radical (unpaired) electrons. The van der Waals surface area contributed by atoms with Gasteiger partial charge >= 0.3 is 11.9 Å². The molecule has 0 amide bonds. The second kappa shape index (κ2) is 5.37. The van der Waals surface area contributed by atoms with Gasteiger partial charge in [0.15, 0.2) is 5.41 Å². The minimum atomic E-state index is -1.34. The predicted molar refractivity (Wildman–Crippen MR) is 65.5 cm³/mol. The van der Waals surface area contributed by atoms with E-state index in [4.69, 9.17) is 14.7 Å². The summed E-state index contributed by atoms with van der Waals surface area (Å²) in [6, 6.07) is 0. The Kier molecular flexibility index (Phi) is 4.32. The van der Waals surface area contributed by atoms with Crippen molar-refractivity contribution >= 4 is 17.7 Å². The van der Waals surface area contributed by atoms with Gasteiger partial charge in [-0.1, -0.05) is 5.16 Å². The van der Waals surface area contributed by atoms with Gasteiger partial charge in [0.05, 0.1) is 17.9 Å². The van der Waals surface area contributed by atoms with Gasteiger partial charge in [0.2, 0.25) is 0 Å². The van der Waals surface area contributed by atoms with E-state index < -0.39 is 17.4 Å². The van der Waals surface area contributed by atoms with Crippen molar-refractivity contribution in [1.29, 1.82) is 0 Å². The molecule has 104 valence electrons. The van der Waals surface area contributed by atoms with E-state index in [1.54, 1.807) is 27.7 Å². The Morgan fingerprint density at radius 1 is 1.17 bits per heavy atom. The van der Waals surface area contributed by atoms with E-state index in [2.05, 4.69) is 5.16 Å². The van der Waals surface area contributed by atoms with Gasteiger partial charge in [0.25, 0.3) is 0 Å². The van der Waals surface area contributed by atoms with Gasteiger partial charge < -0.3 is 14.7 Å². The Morgan fingerprint density at radius 3 is 1.83 bits per heavy atom. The summed E-state index contributed by atoms with van der Waals surface area (Å²) in [5.41, 5.74) is -0.938. The summed E-state index contributed by atoms with van der Waals surface area (Å²) < 4.78 is 10.2. The molecule has 0 atom stereocenters. The van der Waals surface area contributed by atoms with Gasteiger partial charge in [-0.15, -0.1) is 0 Å². The van der Waals surface area contributed by atoms with E-state index in [9.17, 15) is 9.59 Å². The molecule has 0 aromatic rings. The molecule has 0 aromatic heterocycles. The van der Waals surface area contributed by atoms with Crippen molar-refractivity contribution in [3.8, 4) is 0 Å². The maximum absolute atomic E-state index is 12.0. The van der Waals surface area contributed by atoms with Crippen LogP contribution in [0.25, 0.3) is 0 Å². The number of oxime groups is 1. The van der Waals surface area contributed by atoms with Gasteiger partial charge in [0, 0.05) is 14.3 Å². The van der Waals surface area contributed by atoms with E-state index in [0.717, 1.165) is 0 Å². The Balaban J connectivity index is 0.00000324. The Labute approximate surface area is 107 Å². The molecule has 0 aromatic carbocycles. The molecule has 18 heavy (non-hydrogen) atoms. The summed E-state index contributed by atoms with van der Waals surface area (Å²) in [4.78, 5) is 24.0. The maximum atomic E-state index is 12.0. The number of hydrogen-bond acceptors (Lipinski definition) is 6. The fourth-order valence-electron chi connectivity index (χ4n) is 1.74. The summed E-state index contributed by atoms with van der Waals surface area (Å²) in [5.74, 6) is -1.23. The van der Waals surface area contributed by atoms with E-state index in [1.165, 1.54) is 0 Å². The fourth-order valence-corrected chi connectivity index (χ4v) is 1.74. The minimum absolute atomic E-state index is 0. The highest BCUT2D eigenvalue weighted by molar-refractivity contribution is 6.13. The third-order valence-electron chi connectivity index (χ3n) is 2.62. The first-order valence-corrected chi connectivity index (χ1v) is 5.94. The lowest BCUT2D eigenvalue weighted by molar-refractivity contribution is -0.178. The third-order valence-corrected chi connectivity index (χ3v) is 2.62. The van der Waals surface area contributed by atoms with Crippen molar-refractivity contribution < 1.29 is 25.7 Å². The zero-order valence-electron chi connectivity index (χ0n) is 11.1. The number of esters is 2. The Bertz CT molecular complexity index is 346. The topological polar surface area (TPSA) is 85.2 Å². The van der Waals surface area contributed by atoms with Crippen LogP contribution in [0, 0.1) is 5.41 Å². The van der Waals surface area contributed by atoms with Gasteiger partial charge in [-0.05, 0) is 27.7 Å². The lowest BCUT2D eigenvalue weighted by Gasteiger charge is -2.37. The smallest absolute Gasteiger partial charge is 0.324 e. The van der Waals surface area contributed by atoms with E-state index in [-0.39, 0.29) is 26.5 Å². The first-order valence-electron chi connectivity index (χ1n) is 5.94. The molecule has 0 saturated heterocycles. The van der Waals surface area contributed by atoms with E-state index >= 15 is 0 Å². The normalized spacial score (nSPS) is 17.3. The largest absolute Gasteiger partial charge is 0.462 e.